The number of hydrogen-bond donors (Lipinski definition) is 2. The average molecular weight is 487 g/mol. The number of piperidine rings is 1. The highest BCUT2D eigenvalue weighted by atomic mass is 19.4. The Morgan fingerprint density at radius 2 is 1.62 bits per heavy atom. The van der Waals surface area contributed by atoms with Gasteiger partial charge in [-0.25, -0.2) is 4.79 Å². The molecule has 1 aliphatic heterocycles. The van der Waals surface area contributed by atoms with E-state index in [9.17, 15) is 35.9 Å². The maximum Gasteiger partial charge on any atom is 0.417 e. The first-order valence-corrected chi connectivity index (χ1v) is 10.4. The summed E-state index contributed by atoms with van der Waals surface area (Å²) in [6.45, 7) is 0.789. The molecule has 1 aromatic heterocycles. The molecule has 2 heterocycles. The van der Waals surface area contributed by atoms with Crippen molar-refractivity contribution in [2.45, 2.75) is 25.2 Å². The molecule has 1 aliphatic rings. The van der Waals surface area contributed by atoms with E-state index >= 15 is 0 Å². The molecule has 1 amide bonds. The third kappa shape index (κ3) is 5.20. The lowest BCUT2D eigenvalue weighted by molar-refractivity contribution is -0.143. The van der Waals surface area contributed by atoms with Gasteiger partial charge in [0.25, 0.3) is 5.91 Å². The smallest absolute Gasteiger partial charge is 0.408 e. The van der Waals surface area contributed by atoms with Crippen LogP contribution in [0.2, 0.25) is 0 Å². The summed E-state index contributed by atoms with van der Waals surface area (Å²) in [6.07, 6.45) is -8.84. The summed E-state index contributed by atoms with van der Waals surface area (Å²) in [5.74, 6) is -1.02. The zero-order valence-electron chi connectivity index (χ0n) is 17.5. The van der Waals surface area contributed by atoms with E-state index in [1.807, 2.05) is 0 Å². The van der Waals surface area contributed by atoms with Gasteiger partial charge in [0, 0.05) is 30.9 Å². The van der Waals surface area contributed by atoms with E-state index in [1.165, 1.54) is 23.1 Å². The number of carbonyl (C=O) groups is 1. The van der Waals surface area contributed by atoms with Crippen LogP contribution >= 0.6 is 0 Å². The van der Waals surface area contributed by atoms with Crippen LogP contribution in [0, 0.1) is 5.92 Å². The van der Waals surface area contributed by atoms with Crippen LogP contribution in [0.1, 0.15) is 34.3 Å². The highest BCUT2D eigenvalue weighted by Crippen LogP contribution is 2.39. The lowest BCUT2D eigenvalue weighted by Gasteiger charge is -2.34. The SMILES string of the molecule is O=C(NCC1CCN(c2cc(C(F)(F)F)cc(C(F)(F)F)c2)CC1)c1ccc2[nH]c(=O)oc2c1. The number of halogens is 6. The first-order valence-electron chi connectivity index (χ1n) is 10.4. The normalized spacial score (nSPS) is 15.6. The van der Waals surface area contributed by atoms with Gasteiger partial charge in [0.15, 0.2) is 5.58 Å². The molecule has 2 aromatic carbocycles. The number of nitrogens with zero attached hydrogens (tertiary/aromatic N) is 1. The van der Waals surface area contributed by atoms with Gasteiger partial charge in [0.2, 0.25) is 0 Å². The van der Waals surface area contributed by atoms with Crippen LogP contribution in [-0.2, 0) is 12.4 Å². The number of aromatic nitrogens is 1. The largest absolute Gasteiger partial charge is 0.417 e. The van der Waals surface area contributed by atoms with Crippen molar-refractivity contribution in [2.24, 2.45) is 5.92 Å². The predicted molar refractivity (Wildman–Crippen MR) is 111 cm³/mol. The van der Waals surface area contributed by atoms with Crippen molar-refractivity contribution < 1.29 is 35.6 Å². The zero-order valence-corrected chi connectivity index (χ0v) is 17.5. The lowest BCUT2D eigenvalue weighted by atomic mass is 9.95. The van der Waals surface area contributed by atoms with Crippen molar-refractivity contribution >= 4 is 22.7 Å². The summed E-state index contributed by atoms with van der Waals surface area (Å²) in [5, 5.41) is 2.77. The second kappa shape index (κ2) is 8.73. The molecular weight excluding hydrogens is 468 g/mol. The number of amides is 1. The third-order valence-corrected chi connectivity index (χ3v) is 5.79. The zero-order chi connectivity index (χ0) is 24.7. The first kappa shape index (κ1) is 23.7. The van der Waals surface area contributed by atoms with Crippen LogP contribution in [0.5, 0.6) is 0 Å². The molecule has 0 aliphatic carbocycles. The standard InChI is InChI=1S/C22H19F6N3O3/c23-21(24,25)14-8-15(22(26,27)28)10-16(9-14)31-5-3-12(4-6-31)11-29-19(32)13-1-2-17-18(7-13)34-20(33)30-17/h1-2,7-10,12H,3-6,11H2,(H,29,32)(H,30,33). The van der Waals surface area contributed by atoms with Crippen LogP contribution in [0.4, 0.5) is 32.0 Å². The molecule has 1 saturated heterocycles. The van der Waals surface area contributed by atoms with Crippen LogP contribution in [0.25, 0.3) is 11.1 Å². The van der Waals surface area contributed by atoms with Crippen LogP contribution in [-0.4, -0.2) is 30.5 Å². The van der Waals surface area contributed by atoms with Crippen molar-refractivity contribution in [3.05, 3.63) is 63.6 Å². The van der Waals surface area contributed by atoms with Gasteiger partial charge in [0.1, 0.15) is 0 Å². The number of nitrogens with one attached hydrogen (secondary N) is 2. The van der Waals surface area contributed by atoms with Gasteiger partial charge in [-0.2, -0.15) is 26.3 Å². The minimum absolute atomic E-state index is 0.00186. The van der Waals surface area contributed by atoms with Crippen LogP contribution < -0.4 is 16.0 Å². The van der Waals surface area contributed by atoms with Crippen molar-refractivity contribution in [3.63, 3.8) is 0 Å². The molecule has 0 unspecified atom stereocenters. The number of H-pyrrole nitrogens is 1. The topological polar surface area (TPSA) is 78.3 Å². The van der Waals surface area contributed by atoms with E-state index in [4.69, 9.17) is 4.42 Å². The number of rotatable bonds is 4. The molecule has 6 nitrogen and oxygen atoms in total. The Morgan fingerprint density at radius 1 is 1.00 bits per heavy atom. The van der Waals surface area contributed by atoms with Gasteiger partial charge >= 0.3 is 18.1 Å². The summed E-state index contributed by atoms with van der Waals surface area (Å²) in [5.41, 5.74) is -1.84. The van der Waals surface area contributed by atoms with Gasteiger partial charge in [-0.15, -0.1) is 0 Å². The molecule has 182 valence electrons. The number of alkyl halides is 6. The van der Waals surface area contributed by atoms with Crippen molar-refractivity contribution in [1.82, 2.24) is 10.3 Å². The van der Waals surface area contributed by atoms with Crippen molar-refractivity contribution in [3.8, 4) is 0 Å². The number of fused-ring (bicyclic) bond motifs is 1. The van der Waals surface area contributed by atoms with Gasteiger partial charge in [-0.3, -0.25) is 9.78 Å². The lowest BCUT2D eigenvalue weighted by Crippen LogP contribution is -2.39. The van der Waals surface area contributed by atoms with Gasteiger partial charge < -0.3 is 14.6 Å². The number of hydrogen-bond acceptors (Lipinski definition) is 4. The highest BCUT2D eigenvalue weighted by Gasteiger charge is 2.37. The van der Waals surface area contributed by atoms with E-state index in [0.717, 1.165) is 12.1 Å². The molecule has 2 N–H and O–H groups in total. The molecule has 0 bridgehead atoms. The van der Waals surface area contributed by atoms with Crippen LogP contribution in [0.3, 0.4) is 0 Å². The third-order valence-electron chi connectivity index (χ3n) is 5.79. The number of oxazole rings is 1. The number of aromatic amines is 1. The van der Waals surface area contributed by atoms with E-state index in [-0.39, 0.29) is 54.4 Å². The van der Waals surface area contributed by atoms with Crippen molar-refractivity contribution in [1.29, 1.82) is 0 Å². The number of carbonyl (C=O) groups excluding carboxylic acids is 1. The average Bonchev–Trinajstić information content (AvgIpc) is 3.15. The van der Waals surface area contributed by atoms with Gasteiger partial charge in [-0.05, 0) is 55.2 Å². The molecule has 1 fully saturated rings. The molecule has 3 aromatic rings. The Kier molecular flexibility index (Phi) is 6.09. The summed E-state index contributed by atoms with van der Waals surface area (Å²) in [4.78, 5) is 27.6. The maximum absolute atomic E-state index is 13.1. The Balaban J connectivity index is 1.38. The molecule has 34 heavy (non-hydrogen) atoms. The molecular formula is C22H19F6N3O3. The monoisotopic (exact) mass is 487 g/mol. The quantitative estimate of drug-likeness (QED) is 0.518. The number of benzene rings is 2. The maximum atomic E-state index is 13.1. The molecule has 0 atom stereocenters. The summed E-state index contributed by atoms with van der Waals surface area (Å²) >= 11 is 0. The fourth-order valence-electron chi connectivity index (χ4n) is 3.94. The predicted octanol–water partition coefficient (Wildman–Crippen LogP) is 4.81. The molecule has 0 spiro atoms. The Hall–Kier alpha value is -3.44. The molecule has 12 heteroatoms. The van der Waals surface area contributed by atoms with E-state index < -0.39 is 29.2 Å². The Bertz CT molecular complexity index is 1220. The summed E-state index contributed by atoms with van der Waals surface area (Å²) in [7, 11) is 0. The van der Waals surface area contributed by atoms with Gasteiger partial charge in [-0.1, -0.05) is 0 Å². The molecule has 0 radical (unpaired) electrons. The van der Waals surface area contributed by atoms with Gasteiger partial charge in [0.05, 0.1) is 16.6 Å². The molecule has 4 rings (SSSR count). The molecule has 0 saturated carbocycles. The Labute approximate surface area is 188 Å². The van der Waals surface area contributed by atoms with Crippen LogP contribution in [0.15, 0.2) is 45.6 Å². The summed E-state index contributed by atoms with van der Waals surface area (Å²) in [6, 6.07) is 6.06. The summed E-state index contributed by atoms with van der Waals surface area (Å²) < 4.78 is 83.6. The first-order chi connectivity index (χ1) is 15.9. The minimum atomic E-state index is -4.90. The highest BCUT2D eigenvalue weighted by molar-refractivity contribution is 5.96. The Morgan fingerprint density at radius 3 is 2.21 bits per heavy atom. The minimum Gasteiger partial charge on any atom is -0.408 e. The van der Waals surface area contributed by atoms with Crippen molar-refractivity contribution in [2.75, 3.05) is 24.5 Å². The van der Waals surface area contributed by atoms with E-state index in [2.05, 4.69) is 10.3 Å². The number of anilines is 1. The fourth-order valence-corrected chi connectivity index (χ4v) is 3.94. The second-order valence-corrected chi connectivity index (χ2v) is 8.13. The fraction of sp³-hybridized carbons (Fsp3) is 0.364. The van der Waals surface area contributed by atoms with E-state index in [0.29, 0.717) is 18.4 Å². The van der Waals surface area contributed by atoms with E-state index in [1.54, 1.807) is 0 Å². The second-order valence-electron chi connectivity index (χ2n) is 8.13.